The highest BCUT2D eigenvalue weighted by Crippen LogP contribution is 2.63. The summed E-state index contributed by atoms with van der Waals surface area (Å²) in [7, 11) is 0. The van der Waals surface area contributed by atoms with Gasteiger partial charge in [0.05, 0.1) is 5.41 Å². The molecule has 0 atom stereocenters. The van der Waals surface area contributed by atoms with Crippen LogP contribution in [0, 0.1) is 0 Å². The van der Waals surface area contributed by atoms with E-state index < -0.39 is 11.0 Å². The molecule has 2 aliphatic carbocycles. The van der Waals surface area contributed by atoms with Gasteiger partial charge in [-0.3, -0.25) is 0 Å². The third kappa shape index (κ3) is 3.29. The first-order valence-corrected chi connectivity index (χ1v) is 16.3. The van der Waals surface area contributed by atoms with E-state index in [0.717, 1.165) is 55.3 Å². The minimum absolute atomic E-state index is 0.492. The fourth-order valence-corrected chi connectivity index (χ4v) is 9.01. The Kier molecular flexibility index (Phi) is 5.44. The Morgan fingerprint density at radius 1 is 0.426 bits per heavy atom. The smallest absolute Gasteiger partial charge is 0.143 e. The van der Waals surface area contributed by atoms with E-state index in [1.165, 1.54) is 22.3 Å². The molecular weight excluding hydrogens is 596 g/mol. The molecule has 1 aromatic heterocycles. The molecule has 0 saturated carbocycles. The molecule has 3 heteroatoms. The Morgan fingerprint density at radius 2 is 0.894 bits per heavy atom. The summed E-state index contributed by atoms with van der Waals surface area (Å²) >= 11 is 7.29. The van der Waals surface area contributed by atoms with Crippen molar-refractivity contribution in [2.45, 2.75) is 11.0 Å². The number of benzene rings is 7. The van der Waals surface area contributed by atoms with Gasteiger partial charge in [0.15, 0.2) is 0 Å². The predicted octanol–water partition coefficient (Wildman–Crippen LogP) is 10.9. The Morgan fingerprint density at radius 3 is 1.55 bits per heavy atom. The molecule has 7 aromatic carbocycles. The summed E-state index contributed by atoms with van der Waals surface area (Å²) < 4.78 is 6.52. The van der Waals surface area contributed by atoms with Crippen LogP contribution in [0.15, 0.2) is 162 Å². The number of para-hydroxylation sites is 2. The lowest BCUT2D eigenvalue weighted by atomic mass is 9.56. The van der Waals surface area contributed by atoms with Gasteiger partial charge in [0.1, 0.15) is 16.8 Å². The average molecular weight is 623 g/mol. The van der Waals surface area contributed by atoms with Crippen LogP contribution in [-0.2, 0) is 11.0 Å². The maximum Gasteiger partial charge on any atom is 0.143 e. The van der Waals surface area contributed by atoms with Crippen LogP contribution < -0.4 is 0 Å². The number of fused-ring (bicyclic) bond motifs is 12. The Bertz CT molecular complexity index is 2480. The van der Waals surface area contributed by atoms with Crippen molar-refractivity contribution < 1.29 is 9.52 Å². The lowest BCUT2D eigenvalue weighted by molar-refractivity contribution is 0.119. The molecule has 8 aromatic rings. The summed E-state index contributed by atoms with van der Waals surface area (Å²) in [5.41, 5.74) is 10.4. The summed E-state index contributed by atoms with van der Waals surface area (Å²) in [4.78, 5) is 0. The van der Waals surface area contributed by atoms with Crippen LogP contribution in [0.5, 0.6) is 0 Å². The molecule has 2 nitrogen and oxygen atoms in total. The number of halogens is 1. The highest BCUT2D eigenvalue weighted by molar-refractivity contribution is 6.32. The molecule has 222 valence electrons. The fraction of sp³-hybridized carbons (Fsp3) is 0.0455. The van der Waals surface area contributed by atoms with E-state index >= 15 is 0 Å². The number of hydrogen-bond donors (Lipinski definition) is 1. The standard InChI is InChI=1S/C44H27ClO2/c45-39-25-12-16-30(32-18-11-17-31-29-15-3-10-26-40(29)47-42(31)32)41(39)44(46)37-23-8-6-21-35(37)43(36-22-7-9-24-38(36)44)33-19-4-1-13-27(33)28-14-2-5-20-34(28)43/h1-26,46H. The zero-order valence-electron chi connectivity index (χ0n) is 25.2. The molecule has 1 spiro atoms. The molecule has 10 rings (SSSR count). The Labute approximate surface area is 277 Å². The summed E-state index contributed by atoms with van der Waals surface area (Å²) in [5, 5.41) is 16.3. The van der Waals surface area contributed by atoms with Gasteiger partial charge >= 0.3 is 0 Å². The monoisotopic (exact) mass is 622 g/mol. The summed E-state index contributed by atoms with van der Waals surface area (Å²) in [6.45, 7) is 0. The number of hydrogen-bond acceptors (Lipinski definition) is 2. The van der Waals surface area contributed by atoms with Gasteiger partial charge < -0.3 is 9.52 Å². The second-order valence-electron chi connectivity index (χ2n) is 12.6. The molecule has 0 bridgehead atoms. The van der Waals surface area contributed by atoms with Gasteiger partial charge in [-0.2, -0.15) is 0 Å². The highest BCUT2D eigenvalue weighted by Gasteiger charge is 2.56. The first-order valence-electron chi connectivity index (χ1n) is 15.9. The molecule has 0 saturated heterocycles. The first-order chi connectivity index (χ1) is 23.1. The summed E-state index contributed by atoms with van der Waals surface area (Å²) in [6, 6.07) is 54.3. The third-order valence-corrected chi connectivity index (χ3v) is 10.8. The van der Waals surface area contributed by atoms with Crippen molar-refractivity contribution in [2.24, 2.45) is 0 Å². The van der Waals surface area contributed by atoms with E-state index in [9.17, 15) is 5.11 Å². The third-order valence-electron chi connectivity index (χ3n) is 10.5. The van der Waals surface area contributed by atoms with E-state index in [-0.39, 0.29) is 0 Å². The van der Waals surface area contributed by atoms with Gasteiger partial charge in [0, 0.05) is 26.9 Å². The maximum absolute atomic E-state index is 13.7. The van der Waals surface area contributed by atoms with Crippen LogP contribution in [0.2, 0.25) is 5.02 Å². The minimum atomic E-state index is -1.58. The molecule has 1 heterocycles. The molecule has 0 radical (unpaired) electrons. The van der Waals surface area contributed by atoms with Gasteiger partial charge in [0.25, 0.3) is 0 Å². The van der Waals surface area contributed by atoms with E-state index in [1.54, 1.807) is 0 Å². The molecule has 0 unspecified atom stereocenters. The minimum Gasteiger partial charge on any atom is -0.455 e. The second-order valence-corrected chi connectivity index (χ2v) is 13.0. The molecule has 0 amide bonds. The molecule has 0 aliphatic heterocycles. The molecule has 2 aliphatic rings. The number of rotatable bonds is 2. The topological polar surface area (TPSA) is 33.4 Å². The van der Waals surface area contributed by atoms with E-state index in [1.807, 2.05) is 42.5 Å². The van der Waals surface area contributed by atoms with Crippen LogP contribution in [0.4, 0.5) is 0 Å². The predicted molar refractivity (Wildman–Crippen MR) is 190 cm³/mol. The van der Waals surface area contributed by atoms with Crippen LogP contribution in [-0.4, -0.2) is 5.11 Å². The molecule has 0 fully saturated rings. The maximum atomic E-state index is 13.7. The average Bonchev–Trinajstić information content (AvgIpc) is 3.65. The second kappa shape index (κ2) is 9.56. The zero-order chi connectivity index (χ0) is 31.3. The van der Waals surface area contributed by atoms with Crippen molar-refractivity contribution in [3.05, 3.63) is 202 Å². The van der Waals surface area contributed by atoms with Gasteiger partial charge in [0.2, 0.25) is 0 Å². The fourth-order valence-electron chi connectivity index (χ4n) is 8.70. The van der Waals surface area contributed by atoms with E-state index in [4.69, 9.17) is 16.0 Å². The highest BCUT2D eigenvalue weighted by atomic mass is 35.5. The van der Waals surface area contributed by atoms with Crippen molar-refractivity contribution >= 4 is 33.5 Å². The molecular formula is C44H27ClO2. The van der Waals surface area contributed by atoms with Crippen molar-refractivity contribution in [3.8, 4) is 22.3 Å². The van der Waals surface area contributed by atoms with Gasteiger partial charge in [-0.15, -0.1) is 0 Å². The summed E-state index contributed by atoms with van der Waals surface area (Å²) in [6.07, 6.45) is 0. The molecule has 1 N–H and O–H groups in total. The number of aliphatic hydroxyl groups is 1. The van der Waals surface area contributed by atoms with Crippen LogP contribution in [0.3, 0.4) is 0 Å². The SMILES string of the molecule is OC1(c2c(Cl)cccc2-c2cccc3c2oc2ccccc23)c2ccccc2C2(c3ccccc3-c3ccccc32)c2ccccc21. The van der Waals surface area contributed by atoms with E-state index in [0.29, 0.717) is 10.6 Å². The first kappa shape index (κ1) is 26.8. The largest absolute Gasteiger partial charge is 0.455 e. The zero-order valence-corrected chi connectivity index (χ0v) is 26.0. The van der Waals surface area contributed by atoms with Crippen LogP contribution >= 0.6 is 11.6 Å². The van der Waals surface area contributed by atoms with Crippen molar-refractivity contribution in [2.75, 3.05) is 0 Å². The molecule has 47 heavy (non-hydrogen) atoms. The Hall–Kier alpha value is -5.41. The van der Waals surface area contributed by atoms with Crippen LogP contribution in [0.25, 0.3) is 44.2 Å². The lowest BCUT2D eigenvalue weighted by Crippen LogP contribution is -2.44. The van der Waals surface area contributed by atoms with Gasteiger partial charge in [-0.05, 0) is 62.2 Å². The summed E-state index contributed by atoms with van der Waals surface area (Å²) in [5.74, 6) is 0. The van der Waals surface area contributed by atoms with Crippen molar-refractivity contribution in [1.82, 2.24) is 0 Å². The van der Waals surface area contributed by atoms with Gasteiger partial charge in [-0.25, -0.2) is 0 Å². The quantitative estimate of drug-likeness (QED) is 0.208. The number of furan rings is 1. The lowest BCUT2D eigenvalue weighted by Gasteiger charge is -2.47. The van der Waals surface area contributed by atoms with E-state index in [2.05, 4.69) is 115 Å². The van der Waals surface area contributed by atoms with Crippen LogP contribution in [0.1, 0.15) is 38.9 Å². The van der Waals surface area contributed by atoms with Crippen molar-refractivity contribution in [3.63, 3.8) is 0 Å². The van der Waals surface area contributed by atoms with Crippen molar-refractivity contribution in [1.29, 1.82) is 0 Å². The normalized spacial score (nSPS) is 14.9. The van der Waals surface area contributed by atoms with Gasteiger partial charge in [-0.1, -0.05) is 157 Å². The Balaban J connectivity index is 1.34.